The Balaban J connectivity index is 1.91. The summed E-state index contributed by atoms with van der Waals surface area (Å²) in [6.45, 7) is -0.369. The van der Waals surface area contributed by atoms with Crippen LogP contribution in [0.2, 0.25) is 0 Å². The van der Waals surface area contributed by atoms with Crippen LogP contribution in [0.3, 0.4) is 0 Å². The Kier molecular flexibility index (Phi) is 5.54. The van der Waals surface area contributed by atoms with Crippen LogP contribution in [0.25, 0.3) is 0 Å². The minimum absolute atomic E-state index is 0.00675. The van der Waals surface area contributed by atoms with Crippen LogP contribution in [0, 0.1) is 0 Å². The molecule has 0 unspecified atom stereocenters. The second-order valence-electron chi connectivity index (χ2n) is 4.59. The van der Waals surface area contributed by atoms with E-state index < -0.39 is 17.6 Å². The smallest absolute Gasteiger partial charge is 0.416 e. The molecule has 2 aromatic carbocycles. The molecule has 0 fully saturated rings. The average Bonchev–Trinajstić information content (AvgIpc) is 2.53. The second-order valence-corrected chi connectivity index (χ2v) is 5.47. The zero-order valence-electron chi connectivity index (χ0n) is 12.2. The summed E-state index contributed by atoms with van der Waals surface area (Å²) in [5.74, 6) is -0.452. The number of alkyl halides is 3. The monoisotopic (exact) mass is 341 g/mol. The first-order chi connectivity index (χ1) is 10.9. The first kappa shape index (κ1) is 17.2. The summed E-state index contributed by atoms with van der Waals surface area (Å²) in [5.41, 5.74) is -0.219. The van der Waals surface area contributed by atoms with E-state index in [9.17, 15) is 18.0 Å². The Hall–Kier alpha value is -2.15. The maximum Gasteiger partial charge on any atom is 0.416 e. The summed E-state index contributed by atoms with van der Waals surface area (Å²) in [6.07, 6.45) is -2.50. The van der Waals surface area contributed by atoms with Crippen LogP contribution in [-0.4, -0.2) is 18.8 Å². The van der Waals surface area contributed by atoms with Crippen molar-refractivity contribution in [3.05, 3.63) is 54.1 Å². The molecule has 0 radical (unpaired) electrons. The van der Waals surface area contributed by atoms with Crippen molar-refractivity contribution in [2.45, 2.75) is 11.1 Å². The van der Waals surface area contributed by atoms with E-state index in [2.05, 4.69) is 5.32 Å². The fourth-order valence-electron chi connectivity index (χ4n) is 1.78. The molecule has 1 amide bonds. The molecule has 0 aliphatic carbocycles. The van der Waals surface area contributed by atoms with Gasteiger partial charge in [-0.3, -0.25) is 4.79 Å². The van der Waals surface area contributed by atoms with E-state index in [0.29, 0.717) is 5.69 Å². The maximum absolute atomic E-state index is 12.6. The molecule has 0 spiro atoms. The van der Waals surface area contributed by atoms with Crippen molar-refractivity contribution >= 4 is 23.4 Å². The maximum atomic E-state index is 12.6. The minimum atomic E-state index is -4.44. The first-order valence-corrected chi connectivity index (χ1v) is 7.85. The number of amides is 1. The molecule has 3 nitrogen and oxygen atoms in total. The predicted octanol–water partition coefficient (Wildman–Crippen LogP) is 4.44. The average molecular weight is 341 g/mol. The number of rotatable bonds is 5. The van der Waals surface area contributed by atoms with Crippen LogP contribution in [0.5, 0.6) is 5.75 Å². The molecule has 1 N–H and O–H groups in total. The highest BCUT2D eigenvalue weighted by Crippen LogP contribution is 2.31. The molecular weight excluding hydrogens is 327 g/mol. The van der Waals surface area contributed by atoms with Gasteiger partial charge in [0.2, 0.25) is 0 Å². The number of hydrogen-bond acceptors (Lipinski definition) is 3. The van der Waals surface area contributed by atoms with Crippen LogP contribution >= 0.6 is 11.8 Å². The lowest BCUT2D eigenvalue weighted by atomic mass is 10.2. The van der Waals surface area contributed by atoms with Crippen molar-refractivity contribution in [3.63, 3.8) is 0 Å². The molecule has 23 heavy (non-hydrogen) atoms. The van der Waals surface area contributed by atoms with Gasteiger partial charge in [-0.2, -0.15) is 13.2 Å². The largest absolute Gasteiger partial charge is 0.484 e. The Morgan fingerprint density at radius 3 is 2.48 bits per heavy atom. The third kappa shape index (κ3) is 5.21. The fourth-order valence-corrected chi connectivity index (χ4v) is 2.19. The lowest BCUT2D eigenvalue weighted by molar-refractivity contribution is -0.137. The van der Waals surface area contributed by atoms with E-state index in [4.69, 9.17) is 4.74 Å². The van der Waals surface area contributed by atoms with Gasteiger partial charge >= 0.3 is 6.18 Å². The summed E-state index contributed by atoms with van der Waals surface area (Å²) in [4.78, 5) is 12.8. The highest BCUT2D eigenvalue weighted by atomic mass is 32.2. The molecular formula is C16H14F3NO2S. The van der Waals surface area contributed by atoms with Gasteiger partial charge in [-0.15, -0.1) is 11.8 Å². The molecule has 7 heteroatoms. The van der Waals surface area contributed by atoms with E-state index in [1.807, 2.05) is 18.4 Å². The van der Waals surface area contributed by atoms with E-state index in [1.54, 1.807) is 23.9 Å². The molecule has 0 saturated carbocycles. The quantitative estimate of drug-likeness (QED) is 0.817. The molecule has 0 heterocycles. The highest BCUT2D eigenvalue weighted by Gasteiger charge is 2.30. The third-order valence-corrected chi connectivity index (χ3v) is 3.65. The van der Waals surface area contributed by atoms with Crippen LogP contribution in [0.4, 0.5) is 18.9 Å². The van der Waals surface area contributed by atoms with Gasteiger partial charge in [0.1, 0.15) is 5.75 Å². The van der Waals surface area contributed by atoms with Crippen LogP contribution < -0.4 is 10.1 Å². The van der Waals surface area contributed by atoms with Crippen molar-refractivity contribution in [2.24, 2.45) is 0 Å². The molecule has 2 aromatic rings. The summed E-state index contributed by atoms with van der Waals surface area (Å²) in [6, 6.07) is 11.6. The molecule has 0 atom stereocenters. The third-order valence-electron chi connectivity index (χ3n) is 2.91. The number of carbonyl (C=O) groups excluding carboxylic acids is 1. The van der Waals surface area contributed by atoms with Crippen LogP contribution in [-0.2, 0) is 11.0 Å². The van der Waals surface area contributed by atoms with E-state index in [1.165, 1.54) is 12.1 Å². The summed E-state index contributed by atoms with van der Waals surface area (Å²) in [5, 5.41) is 2.61. The van der Waals surface area contributed by atoms with Crippen molar-refractivity contribution in [1.82, 2.24) is 0 Å². The zero-order chi connectivity index (χ0) is 16.9. The van der Waals surface area contributed by atoms with E-state index in [0.717, 1.165) is 17.0 Å². The number of hydrogen-bond donors (Lipinski definition) is 1. The van der Waals surface area contributed by atoms with Gasteiger partial charge in [-0.25, -0.2) is 0 Å². The molecule has 0 bridgehead atoms. The zero-order valence-corrected chi connectivity index (χ0v) is 13.0. The number of thioether (sulfide) groups is 1. The number of anilines is 1. The highest BCUT2D eigenvalue weighted by molar-refractivity contribution is 7.98. The molecule has 0 aliphatic rings. The molecule has 2 rings (SSSR count). The van der Waals surface area contributed by atoms with Crippen molar-refractivity contribution in [3.8, 4) is 5.75 Å². The standard InChI is InChI=1S/C16H14F3NO2S/c1-23-14-7-5-12(6-8-14)20-15(21)10-22-13-4-2-3-11(9-13)16(17,18)19/h2-9H,10H2,1H3,(H,20,21). The van der Waals surface area contributed by atoms with Gasteiger partial charge in [0.05, 0.1) is 5.56 Å². The first-order valence-electron chi connectivity index (χ1n) is 6.62. The molecule has 0 aliphatic heterocycles. The minimum Gasteiger partial charge on any atom is -0.484 e. The Morgan fingerprint density at radius 2 is 1.87 bits per heavy atom. The Morgan fingerprint density at radius 1 is 1.17 bits per heavy atom. The number of benzene rings is 2. The number of nitrogens with one attached hydrogen (secondary N) is 1. The van der Waals surface area contributed by atoms with Crippen molar-refractivity contribution in [1.29, 1.82) is 0 Å². The van der Waals surface area contributed by atoms with Crippen molar-refractivity contribution < 1.29 is 22.7 Å². The van der Waals surface area contributed by atoms with Crippen molar-refractivity contribution in [2.75, 3.05) is 18.2 Å². The topological polar surface area (TPSA) is 38.3 Å². The van der Waals surface area contributed by atoms with Gasteiger partial charge in [0.25, 0.3) is 5.91 Å². The summed E-state index contributed by atoms with van der Waals surface area (Å²) in [7, 11) is 0. The normalized spacial score (nSPS) is 11.1. The summed E-state index contributed by atoms with van der Waals surface area (Å²) < 4.78 is 42.8. The lowest BCUT2D eigenvalue weighted by Crippen LogP contribution is -2.20. The van der Waals surface area contributed by atoms with Gasteiger partial charge in [0, 0.05) is 10.6 Å². The number of ether oxygens (including phenoxy) is 1. The van der Waals surface area contributed by atoms with Crippen LogP contribution in [0.1, 0.15) is 5.56 Å². The Labute approximate surface area is 135 Å². The summed E-state index contributed by atoms with van der Waals surface area (Å²) >= 11 is 1.58. The SMILES string of the molecule is CSc1ccc(NC(=O)COc2cccc(C(F)(F)F)c2)cc1. The van der Waals surface area contributed by atoms with Gasteiger partial charge in [0.15, 0.2) is 6.61 Å². The second kappa shape index (κ2) is 7.41. The van der Waals surface area contributed by atoms with E-state index >= 15 is 0 Å². The fraction of sp³-hybridized carbons (Fsp3) is 0.188. The van der Waals surface area contributed by atoms with E-state index in [-0.39, 0.29) is 12.4 Å². The van der Waals surface area contributed by atoms with Gasteiger partial charge < -0.3 is 10.1 Å². The van der Waals surface area contributed by atoms with Gasteiger partial charge in [-0.1, -0.05) is 6.07 Å². The Bertz CT molecular complexity index is 672. The number of halogens is 3. The number of carbonyl (C=O) groups is 1. The molecule has 0 saturated heterocycles. The molecule has 122 valence electrons. The van der Waals surface area contributed by atoms with Gasteiger partial charge in [-0.05, 0) is 48.7 Å². The predicted molar refractivity (Wildman–Crippen MR) is 83.8 cm³/mol. The van der Waals surface area contributed by atoms with Crippen LogP contribution in [0.15, 0.2) is 53.4 Å². The lowest BCUT2D eigenvalue weighted by Gasteiger charge is -2.10. The molecule has 0 aromatic heterocycles.